The van der Waals surface area contributed by atoms with Crippen molar-refractivity contribution in [2.45, 2.75) is 6.92 Å². The first kappa shape index (κ1) is 6.41. The van der Waals surface area contributed by atoms with E-state index in [1.54, 1.807) is 0 Å². The molecular weight excluding hydrogens is 132 g/mol. The summed E-state index contributed by atoms with van der Waals surface area (Å²) in [6.07, 6.45) is 0. The minimum atomic E-state index is 1.14. The molecule has 2 rings (SSSR count). The summed E-state index contributed by atoms with van der Waals surface area (Å²) >= 11 is 0. The Morgan fingerprint density at radius 1 is 1.09 bits per heavy atom. The molecule has 0 saturated heterocycles. The monoisotopic (exact) mass is 140 g/mol. The third kappa shape index (κ3) is 1.12. The molecule has 0 saturated carbocycles. The van der Waals surface area contributed by atoms with Gasteiger partial charge in [0.25, 0.3) is 0 Å². The van der Waals surface area contributed by atoms with Gasteiger partial charge in [-0.1, -0.05) is 30.3 Å². The van der Waals surface area contributed by atoms with Crippen LogP contribution in [0.25, 0.3) is 10.8 Å². The van der Waals surface area contributed by atoms with Gasteiger partial charge in [-0.05, 0) is 35.4 Å². The zero-order valence-corrected chi connectivity index (χ0v) is 6.39. The Bertz CT molecular complexity index is 374. The van der Waals surface area contributed by atoms with Crippen LogP contribution in [0.2, 0.25) is 0 Å². The fraction of sp³-hybridized carbons (Fsp3) is 0.0909. The molecular formula is C11H8. The summed E-state index contributed by atoms with van der Waals surface area (Å²) in [5.41, 5.74) is 1.18. The molecule has 0 nitrogen and oxygen atoms in total. The van der Waals surface area contributed by atoms with Gasteiger partial charge in [0, 0.05) is 0 Å². The SMILES string of the molecule is Cc1[c]c2ccc[c]c2cc1. The second-order valence-corrected chi connectivity index (χ2v) is 2.64. The highest BCUT2D eigenvalue weighted by atomic mass is 13.9. The van der Waals surface area contributed by atoms with E-state index in [9.17, 15) is 0 Å². The molecule has 0 spiro atoms. The normalized spacial score (nSPS) is 10.3. The van der Waals surface area contributed by atoms with Gasteiger partial charge in [-0.25, -0.2) is 0 Å². The van der Waals surface area contributed by atoms with Gasteiger partial charge in [-0.2, -0.15) is 0 Å². The molecule has 0 heterocycles. The van der Waals surface area contributed by atoms with Crippen molar-refractivity contribution in [1.29, 1.82) is 0 Å². The molecule has 0 aliphatic heterocycles. The zero-order valence-electron chi connectivity index (χ0n) is 6.39. The lowest BCUT2D eigenvalue weighted by Gasteiger charge is -1.95. The Labute approximate surface area is 66.5 Å². The van der Waals surface area contributed by atoms with Crippen LogP contribution < -0.4 is 0 Å². The van der Waals surface area contributed by atoms with Crippen LogP contribution in [0, 0.1) is 19.1 Å². The van der Waals surface area contributed by atoms with Gasteiger partial charge in [0.2, 0.25) is 0 Å². The Hall–Kier alpha value is -1.30. The molecule has 0 aliphatic rings. The summed E-state index contributed by atoms with van der Waals surface area (Å²) in [6, 6.07) is 16.5. The molecule has 0 heteroatoms. The third-order valence-corrected chi connectivity index (χ3v) is 1.72. The minimum Gasteiger partial charge on any atom is -0.0610 e. The smallest absolute Gasteiger partial charge is 0.00670 e. The highest BCUT2D eigenvalue weighted by molar-refractivity contribution is 5.81. The number of benzene rings is 2. The van der Waals surface area contributed by atoms with Crippen molar-refractivity contribution in [3.8, 4) is 0 Å². The lowest BCUT2D eigenvalue weighted by molar-refractivity contribution is 1.49. The maximum absolute atomic E-state index is 3.26. The number of fused-ring (bicyclic) bond motifs is 1. The van der Waals surface area contributed by atoms with Crippen LogP contribution in [0.1, 0.15) is 5.56 Å². The molecule has 0 N–H and O–H groups in total. The van der Waals surface area contributed by atoms with Crippen molar-refractivity contribution in [2.24, 2.45) is 0 Å². The Balaban J connectivity index is 2.83. The molecule has 0 aromatic heterocycles. The van der Waals surface area contributed by atoms with Crippen molar-refractivity contribution in [3.05, 3.63) is 48.0 Å². The van der Waals surface area contributed by atoms with Crippen molar-refractivity contribution in [2.75, 3.05) is 0 Å². The maximum Gasteiger partial charge on any atom is -0.00670 e. The van der Waals surface area contributed by atoms with Crippen LogP contribution in [-0.4, -0.2) is 0 Å². The summed E-state index contributed by atoms with van der Waals surface area (Å²) in [6.45, 7) is 2.05. The topological polar surface area (TPSA) is 0 Å². The second-order valence-electron chi connectivity index (χ2n) is 2.64. The van der Waals surface area contributed by atoms with E-state index in [4.69, 9.17) is 0 Å². The Morgan fingerprint density at radius 3 is 2.91 bits per heavy atom. The van der Waals surface area contributed by atoms with Crippen LogP contribution in [0.4, 0.5) is 0 Å². The molecule has 2 aromatic rings. The minimum absolute atomic E-state index is 1.14. The van der Waals surface area contributed by atoms with E-state index in [0.29, 0.717) is 0 Å². The van der Waals surface area contributed by atoms with E-state index in [1.807, 2.05) is 19.1 Å². The zero-order chi connectivity index (χ0) is 7.68. The third-order valence-electron chi connectivity index (χ3n) is 1.72. The molecule has 2 aromatic carbocycles. The molecule has 0 unspecified atom stereocenters. The fourth-order valence-corrected chi connectivity index (χ4v) is 1.16. The van der Waals surface area contributed by atoms with Crippen LogP contribution in [0.15, 0.2) is 30.3 Å². The molecule has 0 aliphatic carbocycles. The van der Waals surface area contributed by atoms with Crippen molar-refractivity contribution < 1.29 is 0 Å². The molecule has 2 radical (unpaired) electrons. The summed E-state index contributed by atoms with van der Waals surface area (Å²) in [4.78, 5) is 0. The average molecular weight is 140 g/mol. The van der Waals surface area contributed by atoms with Gasteiger partial charge in [-0.3, -0.25) is 0 Å². The second kappa shape index (κ2) is 2.39. The van der Waals surface area contributed by atoms with Crippen molar-refractivity contribution in [1.82, 2.24) is 0 Å². The average Bonchev–Trinajstić information content (AvgIpc) is 2.04. The van der Waals surface area contributed by atoms with E-state index in [1.165, 1.54) is 5.56 Å². The standard InChI is InChI=1S/C11H8/c1-9-6-7-10-4-2-3-5-11(10)8-9/h2-3,5-7H,1H3. The van der Waals surface area contributed by atoms with E-state index in [2.05, 4.69) is 30.3 Å². The number of rotatable bonds is 0. The van der Waals surface area contributed by atoms with Crippen LogP contribution in [0.3, 0.4) is 0 Å². The first-order chi connectivity index (χ1) is 5.36. The number of aryl methyl sites for hydroxylation is 1. The summed E-state index contributed by atoms with van der Waals surface area (Å²) in [7, 11) is 0. The van der Waals surface area contributed by atoms with Gasteiger partial charge < -0.3 is 0 Å². The van der Waals surface area contributed by atoms with E-state index < -0.39 is 0 Å². The first-order valence-electron chi connectivity index (χ1n) is 3.65. The Morgan fingerprint density at radius 2 is 2.00 bits per heavy atom. The predicted octanol–water partition coefficient (Wildman–Crippen LogP) is 2.75. The molecule has 0 fully saturated rings. The van der Waals surface area contributed by atoms with Crippen molar-refractivity contribution >= 4 is 10.8 Å². The van der Waals surface area contributed by atoms with Crippen LogP contribution in [0.5, 0.6) is 0 Å². The summed E-state index contributed by atoms with van der Waals surface area (Å²) < 4.78 is 0. The molecule has 11 heavy (non-hydrogen) atoms. The molecule has 0 atom stereocenters. The number of hydrogen-bond acceptors (Lipinski definition) is 0. The molecule has 0 bridgehead atoms. The lowest BCUT2D eigenvalue weighted by Crippen LogP contribution is -1.74. The molecule has 0 amide bonds. The maximum atomic E-state index is 3.26. The van der Waals surface area contributed by atoms with Crippen LogP contribution >= 0.6 is 0 Å². The van der Waals surface area contributed by atoms with Gasteiger partial charge in [-0.15, -0.1) is 0 Å². The van der Waals surface area contributed by atoms with Crippen molar-refractivity contribution in [3.63, 3.8) is 0 Å². The van der Waals surface area contributed by atoms with Gasteiger partial charge in [0.1, 0.15) is 0 Å². The van der Waals surface area contributed by atoms with Gasteiger partial charge in [0.05, 0.1) is 0 Å². The largest absolute Gasteiger partial charge is 0.0610 e. The fourth-order valence-electron chi connectivity index (χ4n) is 1.16. The van der Waals surface area contributed by atoms with Crippen LogP contribution in [-0.2, 0) is 0 Å². The van der Waals surface area contributed by atoms with E-state index in [0.717, 1.165) is 10.8 Å². The Kier molecular flexibility index (Phi) is 1.39. The lowest BCUT2D eigenvalue weighted by atomic mass is 10.1. The first-order valence-corrected chi connectivity index (χ1v) is 3.65. The van der Waals surface area contributed by atoms with E-state index in [-0.39, 0.29) is 0 Å². The summed E-state index contributed by atoms with van der Waals surface area (Å²) in [5, 5.41) is 2.28. The molecule has 52 valence electrons. The highest BCUT2D eigenvalue weighted by Crippen LogP contribution is 2.12. The quantitative estimate of drug-likeness (QED) is 0.527. The van der Waals surface area contributed by atoms with E-state index >= 15 is 0 Å². The number of hydrogen-bond donors (Lipinski definition) is 0. The summed E-state index contributed by atoms with van der Waals surface area (Å²) in [5.74, 6) is 0. The van der Waals surface area contributed by atoms with Gasteiger partial charge >= 0.3 is 0 Å². The van der Waals surface area contributed by atoms with Gasteiger partial charge in [0.15, 0.2) is 0 Å². The highest BCUT2D eigenvalue weighted by Gasteiger charge is 1.90. The predicted molar refractivity (Wildman–Crippen MR) is 46.4 cm³/mol.